The average molecular weight is 369 g/mol. The van der Waals surface area contributed by atoms with Gasteiger partial charge in [0.15, 0.2) is 0 Å². The maximum Gasteiger partial charge on any atom is 0.232 e. The molecule has 5 nitrogen and oxygen atoms in total. The van der Waals surface area contributed by atoms with Gasteiger partial charge in [0.1, 0.15) is 12.2 Å². The molecule has 0 saturated carbocycles. The Kier molecular flexibility index (Phi) is 6.06. The maximum atomic E-state index is 13.0. The molecule has 1 aliphatic rings. The fourth-order valence-electron chi connectivity index (χ4n) is 3.20. The van der Waals surface area contributed by atoms with Crippen LogP contribution in [0.1, 0.15) is 17.5 Å². The first kappa shape index (κ1) is 18.9. The smallest absolute Gasteiger partial charge is 0.232 e. The Morgan fingerprint density at radius 1 is 1.04 bits per heavy atom. The summed E-state index contributed by atoms with van der Waals surface area (Å²) in [6, 6.07) is 14.3. The number of hydrogen-bond donors (Lipinski definition) is 1. The van der Waals surface area contributed by atoms with Crippen LogP contribution >= 0.6 is 0 Å². The van der Waals surface area contributed by atoms with E-state index in [1.165, 1.54) is 12.1 Å². The summed E-state index contributed by atoms with van der Waals surface area (Å²) in [6.07, 6.45) is -0.137. The number of hydrogen-bond acceptors (Lipinski definition) is 3. The van der Waals surface area contributed by atoms with Gasteiger partial charge in [0.05, 0.1) is 0 Å². The van der Waals surface area contributed by atoms with Crippen LogP contribution in [0.2, 0.25) is 0 Å². The van der Waals surface area contributed by atoms with E-state index in [2.05, 4.69) is 10.2 Å². The predicted octanol–water partition coefficient (Wildman–Crippen LogP) is 2.49. The number of benzene rings is 2. The first-order valence-electron chi connectivity index (χ1n) is 9.12. The number of anilines is 1. The van der Waals surface area contributed by atoms with Crippen LogP contribution in [-0.2, 0) is 16.1 Å². The second-order valence-electron chi connectivity index (χ2n) is 6.79. The summed E-state index contributed by atoms with van der Waals surface area (Å²) in [4.78, 5) is 28.3. The summed E-state index contributed by atoms with van der Waals surface area (Å²) in [5, 5.41) is 2.80. The van der Waals surface area contributed by atoms with E-state index in [-0.39, 0.29) is 24.1 Å². The molecule has 2 aromatic carbocycles. The summed E-state index contributed by atoms with van der Waals surface area (Å²) in [7, 11) is 0. The number of amides is 2. The van der Waals surface area contributed by atoms with E-state index < -0.39 is 0 Å². The molecule has 0 spiro atoms. The van der Waals surface area contributed by atoms with E-state index in [1.54, 1.807) is 17.0 Å². The molecular formula is C21H24FN3O2. The molecule has 1 N–H and O–H groups in total. The molecule has 1 saturated heterocycles. The first-order valence-corrected chi connectivity index (χ1v) is 9.12. The van der Waals surface area contributed by atoms with Gasteiger partial charge < -0.3 is 15.1 Å². The second kappa shape index (κ2) is 8.66. The lowest BCUT2D eigenvalue weighted by atomic mass is 10.1. The average Bonchev–Trinajstić information content (AvgIpc) is 2.67. The Morgan fingerprint density at radius 3 is 2.41 bits per heavy atom. The van der Waals surface area contributed by atoms with E-state index in [9.17, 15) is 14.0 Å². The molecule has 0 radical (unpaired) electrons. The number of piperazine rings is 1. The molecule has 0 aliphatic carbocycles. The highest BCUT2D eigenvalue weighted by molar-refractivity contribution is 5.96. The zero-order valence-corrected chi connectivity index (χ0v) is 15.5. The number of nitrogens with one attached hydrogen (secondary N) is 1. The van der Waals surface area contributed by atoms with E-state index in [4.69, 9.17) is 0 Å². The minimum absolute atomic E-state index is 0.137. The Hall–Kier alpha value is -2.89. The van der Waals surface area contributed by atoms with Crippen LogP contribution in [0.4, 0.5) is 10.1 Å². The van der Waals surface area contributed by atoms with E-state index in [0.717, 1.165) is 16.8 Å². The number of aryl methyl sites for hydroxylation is 1. The third-order valence-corrected chi connectivity index (χ3v) is 4.71. The molecule has 1 fully saturated rings. The predicted molar refractivity (Wildman–Crippen MR) is 103 cm³/mol. The van der Waals surface area contributed by atoms with Gasteiger partial charge in [-0.1, -0.05) is 29.8 Å². The Morgan fingerprint density at radius 2 is 1.74 bits per heavy atom. The van der Waals surface area contributed by atoms with E-state index in [1.807, 2.05) is 31.2 Å². The zero-order chi connectivity index (χ0) is 19.2. The van der Waals surface area contributed by atoms with Crippen molar-refractivity contribution in [3.05, 3.63) is 65.5 Å². The molecule has 2 amide bonds. The number of nitrogens with zero attached hydrogens (tertiary/aromatic N) is 2. The summed E-state index contributed by atoms with van der Waals surface area (Å²) >= 11 is 0. The summed E-state index contributed by atoms with van der Waals surface area (Å²) in [5.74, 6) is -0.679. The highest BCUT2D eigenvalue weighted by Crippen LogP contribution is 2.17. The molecule has 6 heteroatoms. The molecule has 142 valence electrons. The van der Waals surface area contributed by atoms with Crippen LogP contribution in [-0.4, -0.2) is 42.9 Å². The van der Waals surface area contributed by atoms with E-state index >= 15 is 0 Å². The topological polar surface area (TPSA) is 52.7 Å². The van der Waals surface area contributed by atoms with Gasteiger partial charge in [0.25, 0.3) is 0 Å². The van der Waals surface area contributed by atoms with Crippen LogP contribution in [0.25, 0.3) is 0 Å². The molecule has 2 aromatic rings. The molecule has 1 heterocycles. The lowest BCUT2D eigenvalue weighted by Crippen LogP contribution is -2.49. The molecule has 3 rings (SSSR count). The molecule has 1 aliphatic heterocycles. The fourth-order valence-corrected chi connectivity index (χ4v) is 3.20. The van der Waals surface area contributed by atoms with Crippen LogP contribution in [0.15, 0.2) is 48.5 Å². The monoisotopic (exact) mass is 369 g/mol. The largest absolute Gasteiger partial charge is 0.368 e. The molecular weight excluding hydrogens is 345 g/mol. The number of halogens is 1. The molecule has 0 unspecified atom stereocenters. The molecule has 0 aromatic heterocycles. The Balaban J connectivity index is 1.43. The van der Waals surface area contributed by atoms with Gasteiger partial charge in [0, 0.05) is 38.4 Å². The van der Waals surface area contributed by atoms with Crippen molar-refractivity contribution < 1.29 is 14.0 Å². The van der Waals surface area contributed by atoms with Gasteiger partial charge >= 0.3 is 0 Å². The third kappa shape index (κ3) is 5.29. The van der Waals surface area contributed by atoms with Gasteiger partial charge in [-0.3, -0.25) is 9.59 Å². The summed E-state index contributed by atoms with van der Waals surface area (Å²) < 4.78 is 13.0. The van der Waals surface area contributed by atoms with Gasteiger partial charge in [-0.25, -0.2) is 4.39 Å². The van der Waals surface area contributed by atoms with Crippen molar-refractivity contribution in [2.45, 2.75) is 19.9 Å². The van der Waals surface area contributed by atoms with Gasteiger partial charge in [-0.15, -0.1) is 0 Å². The second-order valence-corrected chi connectivity index (χ2v) is 6.79. The Bertz CT molecular complexity index is 799. The lowest BCUT2D eigenvalue weighted by Gasteiger charge is -2.36. The fraction of sp³-hybridized carbons (Fsp3) is 0.333. The quantitative estimate of drug-likeness (QED) is 0.824. The van der Waals surface area contributed by atoms with Crippen LogP contribution in [0, 0.1) is 12.7 Å². The van der Waals surface area contributed by atoms with Crippen molar-refractivity contribution in [3.63, 3.8) is 0 Å². The van der Waals surface area contributed by atoms with Crippen molar-refractivity contribution in [1.82, 2.24) is 10.2 Å². The lowest BCUT2D eigenvalue weighted by molar-refractivity contribution is -0.136. The van der Waals surface area contributed by atoms with Crippen LogP contribution in [0.3, 0.4) is 0 Å². The van der Waals surface area contributed by atoms with Gasteiger partial charge in [0.2, 0.25) is 11.8 Å². The van der Waals surface area contributed by atoms with Crippen LogP contribution < -0.4 is 10.2 Å². The standard InChI is InChI=1S/C21H24FN3O2/c1-16-3-2-4-17(13-16)15-23-20(26)14-21(27)25-11-9-24(10-12-25)19-7-5-18(22)6-8-19/h2-8,13H,9-12,14-15H2,1H3,(H,23,26). The van der Waals surface area contributed by atoms with Crippen molar-refractivity contribution in [3.8, 4) is 0 Å². The zero-order valence-electron chi connectivity index (χ0n) is 15.5. The molecule has 0 bridgehead atoms. The molecule has 0 atom stereocenters. The minimum atomic E-state index is -0.262. The van der Waals surface area contributed by atoms with Crippen molar-refractivity contribution in [2.24, 2.45) is 0 Å². The van der Waals surface area contributed by atoms with Crippen molar-refractivity contribution in [2.75, 3.05) is 31.1 Å². The third-order valence-electron chi connectivity index (χ3n) is 4.71. The van der Waals surface area contributed by atoms with Gasteiger partial charge in [-0.2, -0.15) is 0 Å². The summed E-state index contributed by atoms with van der Waals surface area (Å²) in [5.41, 5.74) is 3.10. The summed E-state index contributed by atoms with van der Waals surface area (Å²) in [6.45, 7) is 4.87. The number of carbonyl (C=O) groups excluding carboxylic acids is 2. The SMILES string of the molecule is Cc1cccc(CNC(=O)CC(=O)N2CCN(c3ccc(F)cc3)CC2)c1. The van der Waals surface area contributed by atoms with Crippen molar-refractivity contribution >= 4 is 17.5 Å². The van der Waals surface area contributed by atoms with E-state index in [0.29, 0.717) is 32.7 Å². The van der Waals surface area contributed by atoms with Gasteiger partial charge in [-0.05, 0) is 36.8 Å². The molecule has 27 heavy (non-hydrogen) atoms. The minimum Gasteiger partial charge on any atom is -0.368 e. The maximum absolute atomic E-state index is 13.0. The Labute approximate surface area is 158 Å². The first-order chi connectivity index (χ1) is 13.0. The van der Waals surface area contributed by atoms with Crippen LogP contribution in [0.5, 0.6) is 0 Å². The normalized spacial score (nSPS) is 14.1. The highest BCUT2D eigenvalue weighted by atomic mass is 19.1. The number of carbonyl (C=O) groups is 2. The number of rotatable bonds is 5. The van der Waals surface area contributed by atoms with Crippen molar-refractivity contribution in [1.29, 1.82) is 0 Å². The highest BCUT2D eigenvalue weighted by Gasteiger charge is 2.22.